The van der Waals surface area contributed by atoms with Crippen LogP contribution < -0.4 is 34.9 Å². The summed E-state index contributed by atoms with van der Waals surface area (Å²) in [5.74, 6) is -0.765. The molecule has 0 bridgehead atoms. The van der Waals surface area contributed by atoms with Crippen molar-refractivity contribution in [2.24, 2.45) is 0 Å². The predicted octanol–water partition coefficient (Wildman–Crippen LogP) is 1.48. The van der Waals surface area contributed by atoms with Crippen molar-refractivity contribution in [2.45, 2.75) is 84.0 Å². The Morgan fingerprint density at radius 1 is 0.850 bits per heavy atom. The van der Waals surface area contributed by atoms with Crippen LogP contribution in [0.2, 0.25) is 0 Å². The van der Waals surface area contributed by atoms with Crippen molar-refractivity contribution >= 4 is 5.97 Å². The monoisotopic (exact) mass is 295 g/mol. The van der Waals surface area contributed by atoms with Crippen LogP contribution in [0.3, 0.4) is 0 Å². The van der Waals surface area contributed by atoms with Gasteiger partial charge in [0.15, 0.2) is 0 Å². The number of unbranched alkanes of at least 4 members (excludes halogenated alkanes) is 11. The zero-order chi connectivity index (χ0) is 14.2. The Kier molecular flexibility index (Phi) is 22.1. The Labute approximate surface area is 149 Å². The fraction of sp³-hybridized carbons (Fsp3) is 0.938. The van der Waals surface area contributed by atoms with Gasteiger partial charge >= 0.3 is 35.5 Å². The van der Waals surface area contributed by atoms with E-state index in [1.165, 1.54) is 70.6 Å². The zero-order valence-electron chi connectivity index (χ0n) is 14.8. The van der Waals surface area contributed by atoms with Gasteiger partial charge in [-0.3, -0.25) is 4.79 Å². The average Bonchev–Trinajstić information content (AvgIpc) is 2.39. The molecule has 0 atom stereocenters. The fourth-order valence-corrected chi connectivity index (χ4v) is 2.29. The molecule has 3 nitrogen and oxygen atoms in total. The van der Waals surface area contributed by atoms with Crippen molar-refractivity contribution in [1.29, 1.82) is 0 Å². The van der Waals surface area contributed by atoms with Crippen molar-refractivity contribution in [2.75, 3.05) is 13.1 Å². The summed E-state index contributed by atoms with van der Waals surface area (Å²) in [7, 11) is 0. The van der Waals surface area contributed by atoms with Crippen LogP contribution in [0.25, 0.3) is 0 Å². The number of aliphatic carboxylic acids is 1. The standard InChI is InChI=1S/C16H33NO2.Na.H/c1-2-3-4-5-6-7-8-9-10-11-12-13-14-17-15-16(18)19;;/h17H,2-15H2,1H3,(H,18,19);;/q;+1;-1. The van der Waals surface area contributed by atoms with E-state index in [1.807, 2.05) is 0 Å². The summed E-state index contributed by atoms with van der Waals surface area (Å²) in [5, 5.41) is 11.4. The molecule has 0 aromatic rings. The van der Waals surface area contributed by atoms with Gasteiger partial charge in [-0.25, -0.2) is 0 Å². The van der Waals surface area contributed by atoms with Gasteiger partial charge in [-0.05, 0) is 13.0 Å². The summed E-state index contributed by atoms with van der Waals surface area (Å²) in [6, 6.07) is 0. The van der Waals surface area contributed by atoms with Crippen LogP contribution in [0, 0.1) is 0 Å². The summed E-state index contributed by atoms with van der Waals surface area (Å²) in [6.45, 7) is 3.19. The third-order valence-corrected chi connectivity index (χ3v) is 3.48. The number of rotatable bonds is 15. The first-order valence-electron chi connectivity index (χ1n) is 8.20. The van der Waals surface area contributed by atoms with Crippen LogP contribution in [-0.4, -0.2) is 24.2 Å². The number of carboxylic acid groups (broad SMARTS) is 1. The minimum absolute atomic E-state index is 0. The Morgan fingerprint density at radius 2 is 1.25 bits per heavy atom. The third kappa shape index (κ3) is 20.7. The molecule has 20 heavy (non-hydrogen) atoms. The molecule has 0 aliphatic heterocycles. The van der Waals surface area contributed by atoms with E-state index in [9.17, 15) is 4.79 Å². The van der Waals surface area contributed by atoms with E-state index in [2.05, 4.69) is 12.2 Å². The van der Waals surface area contributed by atoms with E-state index >= 15 is 0 Å². The zero-order valence-corrected chi connectivity index (χ0v) is 15.8. The fourth-order valence-electron chi connectivity index (χ4n) is 2.29. The maximum atomic E-state index is 10.3. The van der Waals surface area contributed by atoms with Crippen molar-refractivity contribution in [3.63, 3.8) is 0 Å². The third-order valence-electron chi connectivity index (χ3n) is 3.48. The molecular formula is C16H34NNaO2. The van der Waals surface area contributed by atoms with Crippen molar-refractivity contribution in [1.82, 2.24) is 5.32 Å². The quantitative estimate of drug-likeness (QED) is 0.355. The van der Waals surface area contributed by atoms with Gasteiger partial charge in [-0.15, -0.1) is 0 Å². The average molecular weight is 295 g/mol. The molecule has 0 heterocycles. The number of carbonyl (C=O) groups is 1. The van der Waals surface area contributed by atoms with E-state index in [0.29, 0.717) is 0 Å². The first kappa shape index (κ1) is 22.7. The van der Waals surface area contributed by atoms with E-state index in [4.69, 9.17) is 5.11 Å². The largest absolute Gasteiger partial charge is 1.00 e. The van der Waals surface area contributed by atoms with Crippen LogP contribution in [0.15, 0.2) is 0 Å². The van der Waals surface area contributed by atoms with Crippen LogP contribution in [0.4, 0.5) is 0 Å². The van der Waals surface area contributed by atoms with Crippen LogP contribution in [0.5, 0.6) is 0 Å². The van der Waals surface area contributed by atoms with Gasteiger partial charge in [-0.1, -0.05) is 77.6 Å². The second kappa shape index (κ2) is 19.4. The molecule has 0 radical (unpaired) electrons. The van der Waals surface area contributed by atoms with Gasteiger partial charge in [0.25, 0.3) is 0 Å². The van der Waals surface area contributed by atoms with Gasteiger partial charge in [0, 0.05) is 0 Å². The van der Waals surface area contributed by atoms with E-state index in [1.54, 1.807) is 0 Å². The first-order valence-corrected chi connectivity index (χ1v) is 8.20. The summed E-state index contributed by atoms with van der Waals surface area (Å²) in [6.07, 6.45) is 16.1. The van der Waals surface area contributed by atoms with Crippen LogP contribution in [-0.2, 0) is 4.79 Å². The molecule has 0 aliphatic rings. The van der Waals surface area contributed by atoms with Crippen molar-refractivity contribution < 1.29 is 40.9 Å². The number of hydrogen-bond donors (Lipinski definition) is 2. The molecular weight excluding hydrogens is 261 g/mol. The second-order valence-electron chi connectivity index (χ2n) is 5.46. The Balaban J connectivity index is -0.00000162. The van der Waals surface area contributed by atoms with Crippen LogP contribution >= 0.6 is 0 Å². The molecule has 0 aromatic heterocycles. The summed E-state index contributed by atoms with van der Waals surface area (Å²) in [4.78, 5) is 10.3. The topological polar surface area (TPSA) is 49.3 Å². The number of carboxylic acids is 1. The van der Waals surface area contributed by atoms with Crippen molar-refractivity contribution in [3.8, 4) is 0 Å². The van der Waals surface area contributed by atoms with E-state index < -0.39 is 5.97 Å². The number of nitrogens with one attached hydrogen (secondary N) is 1. The summed E-state index contributed by atoms with van der Waals surface area (Å²) >= 11 is 0. The molecule has 0 saturated carbocycles. The molecule has 0 fully saturated rings. The maximum Gasteiger partial charge on any atom is 1.00 e. The van der Waals surface area contributed by atoms with Gasteiger partial charge in [-0.2, -0.15) is 0 Å². The summed E-state index contributed by atoms with van der Waals surface area (Å²) in [5.41, 5.74) is 0. The molecule has 0 spiro atoms. The first-order chi connectivity index (χ1) is 9.27. The molecule has 0 aromatic carbocycles. The molecule has 4 heteroatoms. The minimum Gasteiger partial charge on any atom is -1.00 e. The van der Waals surface area contributed by atoms with Gasteiger partial charge in [0.2, 0.25) is 0 Å². The molecule has 0 rings (SSSR count). The minimum atomic E-state index is -0.765. The van der Waals surface area contributed by atoms with Crippen molar-refractivity contribution in [3.05, 3.63) is 0 Å². The predicted molar refractivity (Wildman–Crippen MR) is 82.7 cm³/mol. The normalized spacial score (nSPS) is 10.2. The molecule has 116 valence electrons. The van der Waals surface area contributed by atoms with Crippen LogP contribution in [0.1, 0.15) is 85.4 Å². The number of hydrogen-bond acceptors (Lipinski definition) is 2. The summed E-state index contributed by atoms with van der Waals surface area (Å²) < 4.78 is 0. The van der Waals surface area contributed by atoms with E-state index in [-0.39, 0.29) is 37.5 Å². The molecule has 0 aliphatic carbocycles. The SMILES string of the molecule is CCCCCCCCCCCCCCNCC(=O)O.[H-].[Na+]. The maximum absolute atomic E-state index is 10.3. The Hall–Kier alpha value is 0.430. The van der Waals surface area contributed by atoms with Gasteiger partial charge in [0.1, 0.15) is 0 Å². The molecule has 0 amide bonds. The van der Waals surface area contributed by atoms with E-state index in [0.717, 1.165) is 13.0 Å². The molecule has 2 N–H and O–H groups in total. The Bertz CT molecular complexity index is 207. The smallest absolute Gasteiger partial charge is 1.00 e. The van der Waals surface area contributed by atoms with Gasteiger partial charge in [0.05, 0.1) is 6.54 Å². The molecule has 0 saturated heterocycles. The van der Waals surface area contributed by atoms with Gasteiger partial charge < -0.3 is 11.8 Å². The second-order valence-corrected chi connectivity index (χ2v) is 5.46. The molecule has 0 unspecified atom stereocenters. The Morgan fingerprint density at radius 3 is 1.65 bits per heavy atom.